The second-order valence-corrected chi connectivity index (χ2v) is 6.61. The molecule has 1 N–H and O–H groups in total. The summed E-state index contributed by atoms with van der Waals surface area (Å²) in [5.41, 5.74) is 6.28. The Morgan fingerprint density at radius 2 is 2.17 bits per heavy atom. The minimum atomic E-state index is 0.159. The molecule has 120 valence electrons. The summed E-state index contributed by atoms with van der Waals surface area (Å²) in [5.74, 6) is 0. The molecule has 4 rings (SSSR count). The standard InChI is InChI=1S/C20H24N2O/c1-14-18(15-5-3-2-4-6-15)12-17-11-16(7-8-19(17)22-14)20-13-21-9-10-23-20/h5,7-8,11-12,20-21H,2-4,6,9-10,13H2,1H3. The highest BCUT2D eigenvalue weighted by molar-refractivity contribution is 5.84. The van der Waals surface area contributed by atoms with E-state index in [1.54, 1.807) is 0 Å². The topological polar surface area (TPSA) is 34.2 Å². The molecule has 1 aromatic heterocycles. The second kappa shape index (κ2) is 6.42. The minimum absolute atomic E-state index is 0.159. The second-order valence-electron chi connectivity index (χ2n) is 6.61. The van der Waals surface area contributed by atoms with E-state index in [9.17, 15) is 0 Å². The van der Waals surface area contributed by atoms with Gasteiger partial charge in [0.25, 0.3) is 0 Å². The molecule has 2 aromatic rings. The smallest absolute Gasteiger partial charge is 0.0950 e. The van der Waals surface area contributed by atoms with E-state index >= 15 is 0 Å². The normalized spacial score (nSPS) is 22.1. The number of aromatic nitrogens is 1. The summed E-state index contributed by atoms with van der Waals surface area (Å²) >= 11 is 0. The van der Waals surface area contributed by atoms with E-state index in [4.69, 9.17) is 9.72 Å². The van der Waals surface area contributed by atoms with Crippen molar-refractivity contribution in [3.8, 4) is 0 Å². The third-order valence-electron chi connectivity index (χ3n) is 4.97. The molecule has 23 heavy (non-hydrogen) atoms. The third kappa shape index (κ3) is 3.04. The molecule has 2 aliphatic rings. The van der Waals surface area contributed by atoms with E-state index in [0.717, 1.165) is 30.9 Å². The molecule has 1 fully saturated rings. The number of nitrogens with one attached hydrogen (secondary N) is 1. The van der Waals surface area contributed by atoms with E-state index in [-0.39, 0.29) is 6.10 Å². The van der Waals surface area contributed by atoms with Crippen molar-refractivity contribution in [1.82, 2.24) is 10.3 Å². The van der Waals surface area contributed by atoms with Gasteiger partial charge >= 0.3 is 0 Å². The van der Waals surface area contributed by atoms with Crippen LogP contribution < -0.4 is 5.32 Å². The quantitative estimate of drug-likeness (QED) is 0.904. The zero-order valence-electron chi connectivity index (χ0n) is 13.8. The Hall–Kier alpha value is -1.71. The molecule has 3 heteroatoms. The zero-order valence-corrected chi connectivity index (χ0v) is 13.8. The van der Waals surface area contributed by atoms with E-state index in [0.29, 0.717) is 0 Å². The molecular formula is C20H24N2O. The lowest BCUT2D eigenvalue weighted by atomic mass is 9.92. The van der Waals surface area contributed by atoms with Crippen LogP contribution in [-0.2, 0) is 4.74 Å². The van der Waals surface area contributed by atoms with Crippen LogP contribution in [0.2, 0.25) is 0 Å². The fourth-order valence-electron chi connectivity index (χ4n) is 3.68. The van der Waals surface area contributed by atoms with Gasteiger partial charge in [0, 0.05) is 24.2 Å². The highest BCUT2D eigenvalue weighted by atomic mass is 16.5. The first-order chi connectivity index (χ1) is 11.3. The van der Waals surface area contributed by atoms with Crippen LogP contribution >= 0.6 is 0 Å². The number of hydrogen-bond acceptors (Lipinski definition) is 3. The molecule has 0 bridgehead atoms. The van der Waals surface area contributed by atoms with Crippen molar-refractivity contribution in [3.05, 3.63) is 47.2 Å². The van der Waals surface area contributed by atoms with Gasteiger partial charge in [-0.3, -0.25) is 4.98 Å². The van der Waals surface area contributed by atoms with Crippen LogP contribution in [0.4, 0.5) is 0 Å². The van der Waals surface area contributed by atoms with Gasteiger partial charge in [-0.25, -0.2) is 0 Å². The van der Waals surface area contributed by atoms with Crippen LogP contribution in [0.25, 0.3) is 16.5 Å². The molecular weight excluding hydrogens is 284 g/mol. The average Bonchev–Trinajstić information content (AvgIpc) is 2.62. The van der Waals surface area contributed by atoms with Crippen molar-refractivity contribution >= 4 is 16.5 Å². The monoisotopic (exact) mass is 308 g/mol. The zero-order chi connectivity index (χ0) is 15.6. The summed E-state index contributed by atoms with van der Waals surface area (Å²) in [5, 5.41) is 4.63. The Kier molecular flexibility index (Phi) is 4.15. The van der Waals surface area contributed by atoms with Crippen molar-refractivity contribution in [2.24, 2.45) is 0 Å². The fraction of sp³-hybridized carbons (Fsp3) is 0.450. The van der Waals surface area contributed by atoms with Gasteiger partial charge in [0.05, 0.1) is 18.2 Å². The van der Waals surface area contributed by atoms with Crippen molar-refractivity contribution in [2.75, 3.05) is 19.7 Å². The molecule has 1 unspecified atom stereocenters. The van der Waals surface area contributed by atoms with Crippen molar-refractivity contribution in [1.29, 1.82) is 0 Å². The number of morpholine rings is 1. The van der Waals surface area contributed by atoms with Crippen LogP contribution in [0.15, 0.2) is 30.3 Å². The summed E-state index contributed by atoms with van der Waals surface area (Å²) in [7, 11) is 0. The summed E-state index contributed by atoms with van der Waals surface area (Å²) in [4.78, 5) is 4.84. The van der Waals surface area contributed by atoms with Crippen molar-refractivity contribution in [3.63, 3.8) is 0 Å². The Bertz CT molecular complexity index is 745. The van der Waals surface area contributed by atoms with Crippen LogP contribution in [0.3, 0.4) is 0 Å². The Morgan fingerprint density at radius 1 is 1.22 bits per heavy atom. The van der Waals surface area contributed by atoms with E-state index < -0.39 is 0 Å². The summed E-state index contributed by atoms with van der Waals surface area (Å²) < 4.78 is 5.89. The Balaban J connectivity index is 1.74. The van der Waals surface area contributed by atoms with Gasteiger partial charge in [0.2, 0.25) is 0 Å². The Labute approximate surface area is 137 Å². The lowest BCUT2D eigenvalue weighted by Gasteiger charge is -2.24. The average molecular weight is 308 g/mol. The molecule has 1 saturated heterocycles. The minimum Gasteiger partial charge on any atom is -0.371 e. The van der Waals surface area contributed by atoms with Gasteiger partial charge in [-0.05, 0) is 67.5 Å². The van der Waals surface area contributed by atoms with E-state index in [2.05, 4.69) is 42.6 Å². The summed E-state index contributed by atoms with van der Waals surface area (Å²) in [6.07, 6.45) is 7.56. The fourth-order valence-corrected chi connectivity index (χ4v) is 3.68. The summed E-state index contributed by atoms with van der Waals surface area (Å²) in [6, 6.07) is 8.88. The third-order valence-corrected chi connectivity index (χ3v) is 4.97. The number of hydrogen-bond donors (Lipinski definition) is 1. The number of allylic oxidation sites excluding steroid dienone is 2. The number of benzene rings is 1. The first-order valence-electron chi connectivity index (χ1n) is 8.74. The van der Waals surface area contributed by atoms with Gasteiger partial charge < -0.3 is 10.1 Å². The predicted octanol–water partition coefficient (Wildman–Crippen LogP) is 4.16. The largest absolute Gasteiger partial charge is 0.371 e. The van der Waals surface area contributed by atoms with E-state index in [1.165, 1.54) is 47.8 Å². The van der Waals surface area contributed by atoms with Crippen LogP contribution in [0.5, 0.6) is 0 Å². The molecule has 1 atom stereocenters. The number of fused-ring (bicyclic) bond motifs is 1. The van der Waals surface area contributed by atoms with Crippen molar-refractivity contribution < 1.29 is 4.74 Å². The number of rotatable bonds is 2. The highest BCUT2D eigenvalue weighted by Gasteiger charge is 2.17. The lowest BCUT2D eigenvalue weighted by Crippen LogP contribution is -2.33. The number of pyridine rings is 1. The van der Waals surface area contributed by atoms with Crippen LogP contribution in [0.1, 0.15) is 48.6 Å². The van der Waals surface area contributed by atoms with Gasteiger partial charge in [0.1, 0.15) is 0 Å². The number of aryl methyl sites for hydroxylation is 1. The maximum absolute atomic E-state index is 5.89. The van der Waals surface area contributed by atoms with E-state index in [1.807, 2.05) is 0 Å². The maximum atomic E-state index is 5.89. The summed E-state index contributed by atoms with van der Waals surface area (Å²) in [6.45, 7) is 4.76. The SMILES string of the molecule is Cc1nc2ccc(C3CNCCO3)cc2cc1C1=CCCCC1. The number of ether oxygens (including phenoxy) is 1. The van der Waals surface area contributed by atoms with Gasteiger partial charge in [-0.15, -0.1) is 0 Å². The van der Waals surface area contributed by atoms with Gasteiger partial charge in [-0.1, -0.05) is 12.1 Å². The first kappa shape index (κ1) is 14.9. The molecule has 2 heterocycles. The number of nitrogens with zero attached hydrogens (tertiary/aromatic N) is 1. The first-order valence-corrected chi connectivity index (χ1v) is 8.74. The highest BCUT2D eigenvalue weighted by Crippen LogP contribution is 2.31. The molecule has 3 nitrogen and oxygen atoms in total. The van der Waals surface area contributed by atoms with Gasteiger partial charge in [-0.2, -0.15) is 0 Å². The lowest BCUT2D eigenvalue weighted by molar-refractivity contribution is 0.0278. The molecule has 0 radical (unpaired) electrons. The molecule has 0 amide bonds. The maximum Gasteiger partial charge on any atom is 0.0950 e. The molecule has 0 spiro atoms. The van der Waals surface area contributed by atoms with Gasteiger partial charge in [0.15, 0.2) is 0 Å². The Morgan fingerprint density at radius 3 is 2.96 bits per heavy atom. The molecule has 1 aromatic carbocycles. The predicted molar refractivity (Wildman–Crippen MR) is 94.5 cm³/mol. The molecule has 1 aliphatic carbocycles. The van der Waals surface area contributed by atoms with Crippen molar-refractivity contribution in [2.45, 2.75) is 38.7 Å². The molecule has 1 aliphatic heterocycles. The van der Waals surface area contributed by atoms with Crippen LogP contribution in [-0.4, -0.2) is 24.7 Å². The molecule has 0 saturated carbocycles. The van der Waals surface area contributed by atoms with Crippen LogP contribution in [0, 0.1) is 6.92 Å².